The highest BCUT2D eigenvalue weighted by molar-refractivity contribution is 7.92. The summed E-state index contributed by atoms with van der Waals surface area (Å²) in [5.74, 6) is 0.407. The van der Waals surface area contributed by atoms with Gasteiger partial charge in [0.2, 0.25) is 21.8 Å². The molecule has 11 heteroatoms. The van der Waals surface area contributed by atoms with Crippen molar-refractivity contribution in [3.05, 3.63) is 83.9 Å². The van der Waals surface area contributed by atoms with E-state index in [0.29, 0.717) is 30.5 Å². The Morgan fingerprint density at radius 2 is 1.63 bits per heavy atom. The van der Waals surface area contributed by atoms with Crippen molar-refractivity contribution in [1.82, 2.24) is 10.2 Å². The van der Waals surface area contributed by atoms with Gasteiger partial charge in [0, 0.05) is 25.1 Å². The topological polar surface area (TPSA) is 114 Å². The summed E-state index contributed by atoms with van der Waals surface area (Å²) in [4.78, 5) is 29.5. The number of hydrogen-bond donors (Lipinski definition) is 1. The van der Waals surface area contributed by atoms with Gasteiger partial charge < -0.3 is 24.4 Å². The van der Waals surface area contributed by atoms with Crippen molar-refractivity contribution in [3.63, 3.8) is 0 Å². The molecule has 4 rings (SSSR count). The SMILES string of the molecule is CCS(=O)(=O)N(CC(=O)N(Cc1cccc(OC)c1)[C@H](Cc1ccccc1)C(=O)NC(C)C)c1ccc2c(c1)OCCO2. The number of hydrogen-bond acceptors (Lipinski definition) is 7. The van der Waals surface area contributed by atoms with Crippen LogP contribution in [-0.2, 0) is 32.6 Å². The Balaban J connectivity index is 1.76. The first kappa shape index (κ1) is 31.7. The summed E-state index contributed by atoms with van der Waals surface area (Å²) in [5, 5.41) is 2.95. The van der Waals surface area contributed by atoms with Crippen LogP contribution < -0.4 is 23.8 Å². The van der Waals surface area contributed by atoms with Crippen molar-refractivity contribution in [2.75, 3.05) is 36.9 Å². The number of methoxy groups -OCH3 is 1. The highest BCUT2D eigenvalue weighted by atomic mass is 32.2. The summed E-state index contributed by atoms with van der Waals surface area (Å²) in [6.45, 7) is 5.48. The molecule has 1 aliphatic rings. The number of carbonyl (C=O) groups is 2. The van der Waals surface area contributed by atoms with Crippen LogP contribution in [0, 0.1) is 0 Å². The van der Waals surface area contributed by atoms with E-state index in [2.05, 4.69) is 5.32 Å². The number of ether oxygens (including phenoxy) is 3. The van der Waals surface area contributed by atoms with Crippen molar-refractivity contribution in [2.24, 2.45) is 0 Å². The number of benzene rings is 3. The van der Waals surface area contributed by atoms with Gasteiger partial charge in [-0.3, -0.25) is 13.9 Å². The van der Waals surface area contributed by atoms with Crippen LogP contribution in [0.5, 0.6) is 17.2 Å². The minimum Gasteiger partial charge on any atom is -0.497 e. The van der Waals surface area contributed by atoms with Crippen LogP contribution in [0.15, 0.2) is 72.8 Å². The highest BCUT2D eigenvalue weighted by Crippen LogP contribution is 2.35. The monoisotopic (exact) mass is 609 g/mol. The summed E-state index contributed by atoms with van der Waals surface area (Å²) in [7, 11) is -2.35. The lowest BCUT2D eigenvalue weighted by atomic mass is 10.0. The van der Waals surface area contributed by atoms with E-state index in [0.717, 1.165) is 15.4 Å². The number of amides is 2. The second-order valence-corrected chi connectivity index (χ2v) is 12.7. The summed E-state index contributed by atoms with van der Waals surface area (Å²) in [5.41, 5.74) is 1.86. The van der Waals surface area contributed by atoms with Crippen molar-refractivity contribution in [2.45, 2.75) is 45.8 Å². The fourth-order valence-corrected chi connectivity index (χ4v) is 5.86. The zero-order chi connectivity index (χ0) is 31.0. The molecule has 0 saturated heterocycles. The zero-order valence-electron chi connectivity index (χ0n) is 25.0. The molecule has 1 heterocycles. The summed E-state index contributed by atoms with van der Waals surface area (Å²) in [6.07, 6.45) is 0.236. The minimum absolute atomic E-state index is 0.0558. The van der Waals surface area contributed by atoms with Crippen LogP contribution in [0.25, 0.3) is 0 Å². The molecule has 1 N–H and O–H groups in total. The highest BCUT2D eigenvalue weighted by Gasteiger charge is 2.34. The number of rotatable bonds is 13. The van der Waals surface area contributed by atoms with E-state index < -0.39 is 28.5 Å². The molecular formula is C32H39N3O7S. The van der Waals surface area contributed by atoms with Crippen molar-refractivity contribution in [1.29, 1.82) is 0 Å². The molecule has 1 atom stereocenters. The van der Waals surface area contributed by atoms with E-state index in [1.807, 2.05) is 50.2 Å². The number of sulfonamides is 1. The van der Waals surface area contributed by atoms with Crippen LogP contribution in [0.1, 0.15) is 31.9 Å². The quantitative estimate of drug-likeness (QED) is 0.314. The van der Waals surface area contributed by atoms with E-state index in [1.165, 1.54) is 11.8 Å². The average Bonchev–Trinajstić information content (AvgIpc) is 3.01. The second kappa shape index (κ2) is 14.3. The molecule has 1 aliphatic heterocycles. The Bertz CT molecular complexity index is 1510. The molecule has 3 aromatic rings. The molecule has 0 fully saturated rings. The molecule has 3 aromatic carbocycles. The molecule has 0 bridgehead atoms. The molecule has 2 amide bonds. The van der Waals surface area contributed by atoms with Crippen LogP contribution in [0.4, 0.5) is 5.69 Å². The predicted molar refractivity (Wildman–Crippen MR) is 165 cm³/mol. The maximum Gasteiger partial charge on any atom is 0.244 e. The van der Waals surface area contributed by atoms with Crippen LogP contribution in [-0.4, -0.2) is 69.8 Å². The van der Waals surface area contributed by atoms with E-state index in [4.69, 9.17) is 14.2 Å². The Morgan fingerprint density at radius 1 is 0.930 bits per heavy atom. The normalized spacial score (nSPS) is 13.2. The van der Waals surface area contributed by atoms with E-state index in [1.54, 1.807) is 43.5 Å². The molecule has 0 radical (unpaired) electrons. The Kier molecular flexibility index (Phi) is 10.5. The maximum absolute atomic E-state index is 14.3. The van der Waals surface area contributed by atoms with E-state index in [-0.39, 0.29) is 36.4 Å². The Morgan fingerprint density at radius 3 is 2.30 bits per heavy atom. The van der Waals surface area contributed by atoms with Crippen molar-refractivity contribution < 1.29 is 32.2 Å². The first-order chi connectivity index (χ1) is 20.6. The molecule has 0 aromatic heterocycles. The van der Waals surface area contributed by atoms with Gasteiger partial charge in [-0.2, -0.15) is 0 Å². The first-order valence-corrected chi connectivity index (χ1v) is 15.9. The molecule has 0 unspecified atom stereocenters. The Hall–Kier alpha value is -4.25. The maximum atomic E-state index is 14.3. The van der Waals surface area contributed by atoms with Gasteiger partial charge in [0.05, 0.1) is 18.6 Å². The van der Waals surface area contributed by atoms with Crippen molar-refractivity contribution >= 4 is 27.5 Å². The van der Waals surface area contributed by atoms with Gasteiger partial charge in [0.15, 0.2) is 11.5 Å². The lowest BCUT2D eigenvalue weighted by Crippen LogP contribution is -2.54. The van der Waals surface area contributed by atoms with E-state index in [9.17, 15) is 18.0 Å². The number of fused-ring (bicyclic) bond motifs is 1. The van der Waals surface area contributed by atoms with E-state index >= 15 is 0 Å². The van der Waals surface area contributed by atoms with Gasteiger partial charge in [-0.05, 0) is 56.2 Å². The molecule has 0 aliphatic carbocycles. The fourth-order valence-electron chi connectivity index (χ4n) is 4.81. The zero-order valence-corrected chi connectivity index (χ0v) is 25.8. The molecule has 0 spiro atoms. The minimum atomic E-state index is -3.91. The van der Waals surface area contributed by atoms with Gasteiger partial charge in [0.25, 0.3) is 0 Å². The fraction of sp³-hybridized carbons (Fsp3) is 0.375. The molecule has 43 heavy (non-hydrogen) atoms. The number of nitrogens with one attached hydrogen (secondary N) is 1. The van der Waals surface area contributed by atoms with Crippen LogP contribution >= 0.6 is 0 Å². The lowest BCUT2D eigenvalue weighted by Gasteiger charge is -2.34. The van der Waals surface area contributed by atoms with Gasteiger partial charge in [0.1, 0.15) is 31.5 Å². The third-order valence-electron chi connectivity index (χ3n) is 6.98. The summed E-state index contributed by atoms with van der Waals surface area (Å²) in [6, 6.07) is 20.3. The predicted octanol–water partition coefficient (Wildman–Crippen LogP) is 3.79. The van der Waals surface area contributed by atoms with Gasteiger partial charge in [-0.1, -0.05) is 42.5 Å². The first-order valence-electron chi connectivity index (χ1n) is 14.3. The summed E-state index contributed by atoms with van der Waals surface area (Å²) < 4.78 is 44.5. The summed E-state index contributed by atoms with van der Waals surface area (Å²) >= 11 is 0. The molecule has 0 saturated carbocycles. The van der Waals surface area contributed by atoms with Crippen LogP contribution in [0.3, 0.4) is 0 Å². The smallest absolute Gasteiger partial charge is 0.244 e. The number of carbonyl (C=O) groups excluding carboxylic acids is 2. The second-order valence-electron chi connectivity index (χ2n) is 10.5. The molecular weight excluding hydrogens is 570 g/mol. The van der Waals surface area contributed by atoms with Gasteiger partial charge >= 0.3 is 0 Å². The molecule has 230 valence electrons. The average molecular weight is 610 g/mol. The Labute approximate surface area is 253 Å². The standard InChI is InChI=1S/C32H39N3O7S/c1-5-43(38,39)35(26-14-15-29-30(20-26)42-17-16-41-29)22-31(36)34(21-25-12-9-13-27(18-25)40-4)28(32(37)33-23(2)3)19-24-10-7-6-8-11-24/h6-15,18,20,23,28H,5,16-17,19,21-22H2,1-4H3,(H,33,37)/t28-/m1/s1. The number of anilines is 1. The lowest BCUT2D eigenvalue weighted by molar-refractivity contribution is -0.140. The third kappa shape index (κ3) is 8.19. The van der Waals surface area contributed by atoms with Gasteiger partial charge in [-0.15, -0.1) is 0 Å². The van der Waals surface area contributed by atoms with Crippen molar-refractivity contribution in [3.8, 4) is 17.2 Å². The molecule has 10 nitrogen and oxygen atoms in total. The largest absolute Gasteiger partial charge is 0.497 e. The third-order valence-corrected chi connectivity index (χ3v) is 8.72. The van der Waals surface area contributed by atoms with Gasteiger partial charge in [-0.25, -0.2) is 8.42 Å². The van der Waals surface area contributed by atoms with Crippen LogP contribution in [0.2, 0.25) is 0 Å². The number of nitrogens with zero attached hydrogens (tertiary/aromatic N) is 2.